The van der Waals surface area contributed by atoms with Crippen molar-refractivity contribution in [3.05, 3.63) is 0 Å². The summed E-state index contributed by atoms with van der Waals surface area (Å²) in [4.78, 5) is 11.0. The Morgan fingerprint density at radius 1 is 1.62 bits per heavy atom. The lowest BCUT2D eigenvalue weighted by molar-refractivity contribution is 0.502. The van der Waals surface area contributed by atoms with Gasteiger partial charge in [0.05, 0.1) is 10.9 Å². The van der Waals surface area contributed by atoms with Gasteiger partial charge in [0.1, 0.15) is 5.84 Å². The van der Waals surface area contributed by atoms with E-state index >= 15 is 0 Å². The second-order valence-electron chi connectivity index (χ2n) is 3.37. The third-order valence-corrected chi connectivity index (χ3v) is 3.55. The lowest BCUT2D eigenvalue weighted by Gasteiger charge is -2.36. The molecule has 0 amide bonds. The van der Waals surface area contributed by atoms with Crippen molar-refractivity contribution in [2.75, 3.05) is 13.1 Å². The maximum atomic E-state index is 5.82. The molecule has 0 bridgehead atoms. The largest absolute Gasteiger partial charge is 0.369 e. The predicted molar refractivity (Wildman–Crippen MR) is 57.4 cm³/mol. The summed E-state index contributed by atoms with van der Waals surface area (Å²) in [5.74, 6) is 1.66. The normalized spacial score (nSPS) is 33.5. The van der Waals surface area contributed by atoms with Crippen LogP contribution in [0.3, 0.4) is 0 Å². The van der Waals surface area contributed by atoms with Gasteiger partial charge in [-0.1, -0.05) is 15.9 Å². The number of guanidine groups is 1. The number of hydrogen-bond acceptors (Lipinski definition) is 4. The molecule has 72 valence electrons. The molecule has 0 aromatic rings. The molecular formula is C8H13BrN4. The van der Waals surface area contributed by atoms with E-state index in [0.29, 0.717) is 5.96 Å². The molecular weight excluding hydrogens is 232 g/mol. The summed E-state index contributed by atoms with van der Waals surface area (Å²) in [7, 11) is 0. The Balaban J connectivity index is 2.35. The van der Waals surface area contributed by atoms with Crippen LogP contribution in [0.15, 0.2) is 9.98 Å². The molecule has 2 rings (SSSR count). The molecule has 0 aliphatic carbocycles. The zero-order chi connectivity index (χ0) is 9.42. The molecule has 1 unspecified atom stereocenters. The van der Waals surface area contributed by atoms with Gasteiger partial charge in [-0.05, 0) is 13.3 Å². The number of halogens is 1. The fraction of sp³-hybridized carbons (Fsp3) is 0.750. The summed E-state index contributed by atoms with van der Waals surface area (Å²) < 4.78 is 0. The summed E-state index contributed by atoms with van der Waals surface area (Å²) in [6.07, 6.45) is 1.06. The van der Waals surface area contributed by atoms with Crippen LogP contribution in [0.2, 0.25) is 0 Å². The van der Waals surface area contributed by atoms with Crippen molar-refractivity contribution in [2.24, 2.45) is 15.7 Å². The summed E-state index contributed by atoms with van der Waals surface area (Å²) in [6.45, 7) is 3.90. The van der Waals surface area contributed by atoms with Crippen LogP contribution in [0.1, 0.15) is 13.3 Å². The van der Waals surface area contributed by atoms with Crippen molar-refractivity contribution >= 4 is 27.7 Å². The van der Waals surface area contributed by atoms with E-state index in [-0.39, 0.29) is 10.9 Å². The highest BCUT2D eigenvalue weighted by atomic mass is 79.9. The van der Waals surface area contributed by atoms with Crippen LogP contribution in [-0.4, -0.2) is 40.7 Å². The van der Waals surface area contributed by atoms with Gasteiger partial charge in [0.25, 0.3) is 0 Å². The highest BCUT2D eigenvalue weighted by Crippen LogP contribution is 2.21. The van der Waals surface area contributed by atoms with E-state index < -0.39 is 0 Å². The fourth-order valence-corrected chi connectivity index (χ4v) is 2.16. The van der Waals surface area contributed by atoms with Crippen molar-refractivity contribution in [2.45, 2.75) is 24.2 Å². The van der Waals surface area contributed by atoms with Crippen LogP contribution < -0.4 is 5.73 Å². The van der Waals surface area contributed by atoms with E-state index in [9.17, 15) is 0 Å². The third kappa shape index (κ3) is 1.45. The molecule has 0 spiro atoms. The molecule has 0 saturated heterocycles. The average Bonchev–Trinajstić information content (AvgIpc) is 2.15. The zero-order valence-corrected chi connectivity index (χ0v) is 9.16. The summed E-state index contributed by atoms with van der Waals surface area (Å²) >= 11 is 3.59. The van der Waals surface area contributed by atoms with Gasteiger partial charge in [0.15, 0.2) is 5.96 Å². The van der Waals surface area contributed by atoms with Crippen molar-refractivity contribution in [3.8, 4) is 0 Å². The van der Waals surface area contributed by atoms with Crippen LogP contribution in [0.5, 0.6) is 0 Å². The molecule has 2 aliphatic heterocycles. The Morgan fingerprint density at radius 3 is 3.15 bits per heavy atom. The number of amidine groups is 1. The minimum Gasteiger partial charge on any atom is -0.369 e. The summed E-state index contributed by atoms with van der Waals surface area (Å²) in [6, 6.07) is 0.188. The second kappa shape index (κ2) is 3.29. The third-order valence-electron chi connectivity index (χ3n) is 2.37. The number of nitrogens with two attached hydrogens (primary N) is 1. The monoisotopic (exact) mass is 244 g/mol. The lowest BCUT2D eigenvalue weighted by Crippen LogP contribution is -2.54. The van der Waals surface area contributed by atoms with Gasteiger partial charge < -0.3 is 10.6 Å². The van der Waals surface area contributed by atoms with E-state index in [4.69, 9.17) is 5.73 Å². The Hall–Kier alpha value is -0.580. The molecule has 2 N–H and O–H groups in total. The number of alkyl halides is 1. The SMILES string of the molecule is C[C@@H]1N=C(N)N2CCCN=C2C1Br. The van der Waals surface area contributed by atoms with E-state index in [2.05, 4.69) is 25.9 Å². The first kappa shape index (κ1) is 8.99. The van der Waals surface area contributed by atoms with Crippen molar-refractivity contribution in [1.29, 1.82) is 0 Å². The quantitative estimate of drug-likeness (QED) is 0.634. The van der Waals surface area contributed by atoms with Crippen LogP contribution in [0.4, 0.5) is 0 Å². The molecule has 2 heterocycles. The molecule has 4 nitrogen and oxygen atoms in total. The Kier molecular flexibility index (Phi) is 2.27. The molecule has 13 heavy (non-hydrogen) atoms. The topological polar surface area (TPSA) is 54.0 Å². The maximum Gasteiger partial charge on any atom is 0.197 e. The predicted octanol–water partition coefficient (Wildman–Crippen LogP) is 0.571. The molecule has 2 aliphatic rings. The first-order chi connectivity index (χ1) is 6.20. The van der Waals surface area contributed by atoms with Gasteiger partial charge in [-0.3, -0.25) is 4.99 Å². The summed E-state index contributed by atoms with van der Waals surface area (Å²) in [5, 5.41) is 0. The number of nitrogens with zero attached hydrogens (tertiary/aromatic N) is 3. The minimum absolute atomic E-state index is 0.188. The van der Waals surface area contributed by atoms with Crippen LogP contribution in [0.25, 0.3) is 0 Å². The molecule has 5 heteroatoms. The molecule has 0 fully saturated rings. The highest BCUT2D eigenvalue weighted by Gasteiger charge is 2.32. The first-order valence-corrected chi connectivity index (χ1v) is 5.41. The Bertz CT molecular complexity index is 273. The highest BCUT2D eigenvalue weighted by molar-refractivity contribution is 9.10. The van der Waals surface area contributed by atoms with Gasteiger partial charge >= 0.3 is 0 Å². The molecule has 0 radical (unpaired) electrons. The lowest BCUT2D eigenvalue weighted by atomic mass is 10.1. The van der Waals surface area contributed by atoms with E-state index in [1.54, 1.807) is 0 Å². The second-order valence-corrected chi connectivity index (χ2v) is 4.36. The van der Waals surface area contributed by atoms with E-state index in [1.165, 1.54) is 0 Å². The molecule has 2 atom stereocenters. The number of hydrogen-bond donors (Lipinski definition) is 1. The van der Waals surface area contributed by atoms with Gasteiger partial charge in [-0.2, -0.15) is 0 Å². The summed E-state index contributed by atoms with van der Waals surface area (Å²) in [5.41, 5.74) is 5.82. The Labute approximate surface area is 86.0 Å². The van der Waals surface area contributed by atoms with E-state index in [1.807, 2.05) is 11.8 Å². The standard InChI is InChI=1S/C8H13BrN4/c1-5-6(9)7-11-3-2-4-13(7)8(10)12-5/h5-6H,2-4H2,1H3,(H2,10,12)/t5-,6?/m0/s1. The Morgan fingerprint density at radius 2 is 2.38 bits per heavy atom. The first-order valence-electron chi connectivity index (χ1n) is 4.49. The van der Waals surface area contributed by atoms with Crippen LogP contribution in [-0.2, 0) is 0 Å². The number of rotatable bonds is 0. The average molecular weight is 245 g/mol. The van der Waals surface area contributed by atoms with Gasteiger partial charge in [-0.25, -0.2) is 4.99 Å². The molecule has 0 saturated carbocycles. The van der Waals surface area contributed by atoms with Crippen LogP contribution >= 0.6 is 15.9 Å². The smallest absolute Gasteiger partial charge is 0.197 e. The van der Waals surface area contributed by atoms with Crippen LogP contribution in [0, 0.1) is 0 Å². The van der Waals surface area contributed by atoms with Crippen molar-refractivity contribution in [1.82, 2.24) is 4.90 Å². The van der Waals surface area contributed by atoms with E-state index in [0.717, 1.165) is 25.3 Å². The number of aliphatic imine (C=N–C) groups is 2. The van der Waals surface area contributed by atoms with Gasteiger partial charge in [0.2, 0.25) is 0 Å². The minimum atomic E-state index is 0.188. The fourth-order valence-electron chi connectivity index (χ4n) is 1.65. The molecule has 0 aromatic heterocycles. The molecule has 0 aromatic carbocycles. The maximum absolute atomic E-state index is 5.82. The van der Waals surface area contributed by atoms with Gasteiger partial charge in [0, 0.05) is 13.1 Å². The number of fused-ring (bicyclic) bond motifs is 1. The van der Waals surface area contributed by atoms with Gasteiger partial charge in [-0.15, -0.1) is 0 Å². The van der Waals surface area contributed by atoms with Crippen molar-refractivity contribution < 1.29 is 0 Å². The van der Waals surface area contributed by atoms with Crippen molar-refractivity contribution in [3.63, 3.8) is 0 Å². The zero-order valence-electron chi connectivity index (χ0n) is 7.57.